The molecule has 4 rings (SSSR count). The third kappa shape index (κ3) is 3.93. The first-order valence-electron chi connectivity index (χ1n) is 9.05. The number of nitrogens with one attached hydrogen (secondary N) is 1. The van der Waals surface area contributed by atoms with Crippen molar-refractivity contribution in [3.05, 3.63) is 39.9 Å². The number of oxime groups is 1. The van der Waals surface area contributed by atoms with E-state index < -0.39 is 29.2 Å². The first-order valence-corrected chi connectivity index (χ1v) is 12.0. The van der Waals surface area contributed by atoms with Gasteiger partial charge in [-0.1, -0.05) is 5.16 Å². The zero-order chi connectivity index (χ0) is 23.0. The van der Waals surface area contributed by atoms with Crippen LogP contribution in [0.15, 0.2) is 33.7 Å². The summed E-state index contributed by atoms with van der Waals surface area (Å²) in [4.78, 5) is 47.0. The van der Waals surface area contributed by atoms with Gasteiger partial charge in [-0.2, -0.15) is 0 Å². The molecule has 2 aliphatic heterocycles. The number of nitrogens with two attached hydrogens (primary N) is 1. The molecule has 0 spiro atoms. The fraction of sp³-hybridized carbons (Fsp3) is 0.294. The number of nitrogens with zero attached hydrogens (tertiary/aromatic N) is 5. The Morgan fingerprint density at radius 2 is 2.25 bits per heavy atom. The maximum absolute atomic E-state index is 12.8. The third-order valence-corrected chi connectivity index (χ3v) is 8.08. The monoisotopic (exact) mass is 495 g/mol. The summed E-state index contributed by atoms with van der Waals surface area (Å²) >= 11 is 3.75. The number of aryl methyl sites for hydroxylation is 1. The maximum atomic E-state index is 12.8. The van der Waals surface area contributed by atoms with Crippen LogP contribution in [-0.4, -0.2) is 70.4 Å². The largest absolute Gasteiger partial charge is 0.477 e. The van der Waals surface area contributed by atoms with Gasteiger partial charge < -0.3 is 25.9 Å². The van der Waals surface area contributed by atoms with Gasteiger partial charge >= 0.3 is 5.97 Å². The number of hydrogen-bond donors (Lipinski definition) is 4. The van der Waals surface area contributed by atoms with Gasteiger partial charge in [0.25, 0.3) is 11.8 Å². The standard InChI is InChI=1S/C17H17N7O5S3/c1-23-6-19-2-7(23)3-30-9-5-31-15-11(14(26)24(15)12(9)16(27)28)21-13(25)10(22-29)8-4-32-17(18)20-8/h2,4,6,11,15,29H,3,5H2,1H3,(H2,18,20)(H,21,25)(H,27,28)/b22-10-/t11-,15+/m1/s1. The molecule has 5 N–H and O–H groups in total. The van der Waals surface area contributed by atoms with Gasteiger partial charge in [0, 0.05) is 40.7 Å². The molecule has 0 saturated carbocycles. The molecule has 0 bridgehead atoms. The van der Waals surface area contributed by atoms with Crippen molar-refractivity contribution in [3.8, 4) is 0 Å². The number of hydrogen-bond acceptors (Lipinski definition) is 11. The fourth-order valence-electron chi connectivity index (χ4n) is 3.21. The number of fused-ring (bicyclic) bond motifs is 1. The summed E-state index contributed by atoms with van der Waals surface area (Å²) in [6.45, 7) is 0. The minimum Gasteiger partial charge on any atom is -0.477 e. The lowest BCUT2D eigenvalue weighted by atomic mass is 10.0. The van der Waals surface area contributed by atoms with Crippen LogP contribution < -0.4 is 11.1 Å². The number of nitrogen functional groups attached to an aromatic ring is 1. The highest BCUT2D eigenvalue weighted by molar-refractivity contribution is 8.05. The summed E-state index contributed by atoms with van der Waals surface area (Å²) in [6, 6.07) is -0.960. The second-order valence-corrected chi connectivity index (χ2v) is 9.81. The van der Waals surface area contributed by atoms with Crippen molar-refractivity contribution in [2.45, 2.75) is 17.2 Å². The molecule has 0 aliphatic carbocycles. The van der Waals surface area contributed by atoms with Gasteiger partial charge in [0.05, 0.1) is 6.33 Å². The van der Waals surface area contributed by atoms with Crippen molar-refractivity contribution in [1.82, 2.24) is 24.8 Å². The van der Waals surface area contributed by atoms with Crippen LogP contribution in [0.1, 0.15) is 11.4 Å². The number of β-lactam (4-membered cyclic amide) rings is 1. The zero-order valence-electron chi connectivity index (χ0n) is 16.5. The Hall–Kier alpha value is -3.04. The Morgan fingerprint density at radius 1 is 1.47 bits per heavy atom. The highest BCUT2D eigenvalue weighted by Gasteiger charge is 2.54. The van der Waals surface area contributed by atoms with Crippen molar-refractivity contribution in [3.63, 3.8) is 0 Å². The van der Waals surface area contributed by atoms with E-state index in [4.69, 9.17) is 5.73 Å². The lowest BCUT2D eigenvalue weighted by molar-refractivity contribution is -0.150. The number of imidazole rings is 1. The average Bonchev–Trinajstić information content (AvgIpc) is 3.37. The quantitative estimate of drug-likeness (QED) is 0.180. The van der Waals surface area contributed by atoms with Crippen molar-refractivity contribution >= 4 is 63.5 Å². The molecular weight excluding hydrogens is 478 g/mol. The van der Waals surface area contributed by atoms with E-state index in [0.29, 0.717) is 16.4 Å². The van der Waals surface area contributed by atoms with Gasteiger partial charge in [0.1, 0.15) is 22.8 Å². The van der Waals surface area contributed by atoms with E-state index in [1.165, 1.54) is 33.8 Å². The molecule has 2 aliphatic rings. The summed E-state index contributed by atoms with van der Waals surface area (Å²) in [7, 11) is 1.84. The van der Waals surface area contributed by atoms with E-state index in [1.54, 1.807) is 12.5 Å². The number of amides is 2. The van der Waals surface area contributed by atoms with Crippen LogP contribution in [0.3, 0.4) is 0 Å². The molecule has 2 aromatic heterocycles. The number of anilines is 1. The zero-order valence-corrected chi connectivity index (χ0v) is 18.9. The number of carbonyl (C=O) groups is 3. The molecule has 4 heterocycles. The number of rotatable bonds is 7. The third-order valence-electron chi connectivity index (χ3n) is 4.81. The first-order chi connectivity index (χ1) is 15.3. The van der Waals surface area contributed by atoms with Crippen molar-refractivity contribution in [1.29, 1.82) is 0 Å². The number of thioether (sulfide) groups is 2. The Labute approximate surface area is 193 Å². The molecule has 2 aromatic rings. The Balaban J connectivity index is 1.48. The number of carboxylic acid groups (broad SMARTS) is 1. The van der Waals surface area contributed by atoms with Gasteiger partial charge in [0.2, 0.25) is 0 Å². The lowest BCUT2D eigenvalue weighted by Crippen LogP contribution is -2.71. The van der Waals surface area contributed by atoms with E-state index in [0.717, 1.165) is 17.0 Å². The summed E-state index contributed by atoms with van der Waals surface area (Å²) in [5.74, 6) is -1.70. The van der Waals surface area contributed by atoms with E-state index in [1.807, 2.05) is 11.6 Å². The van der Waals surface area contributed by atoms with Gasteiger partial charge in [-0.05, 0) is 0 Å². The molecule has 2 amide bonds. The Kier molecular flexibility index (Phi) is 6.12. The predicted molar refractivity (Wildman–Crippen MR) is 119 cm³/mol. The maximum Gasteiger partial charge on any atom is 0.353 e. The minimum atomic E-state index is -1.21. The van der Waals surface area contributed by atoms with Crippen molar-refractivity contribution < 1.29 is 24.7 Å². The van der Waals surface area contributed by atoms with Crippen molar-refractivity contribution in [2.75, 3.05) is 11.5 Å². The predicted octanol–water partition coefficient (Wildman–Crippen LogP) is 0.267. The van der Waals surface area contributed by atoms with Gasteiger partial charge in [0.15, 0.2) is 10.8 Å². The minimum absolute atomic E-state index is 0.0763. The highest BCUT2D eigenvalue weighted by Crippen LogP contribution is 2.44. The number of carboxylic acids is 1. The molecule has 12 nitrogen and oxygen atoms in total. The van der Waals surface area contributed by atoms with Gasteiger partial charge in [-0.15, -0.1) is 34.9 Å². The molecule has 1 saturated heterocycles. The molecule has 0 radical (unpaired) electrons. The summed E-state index contributed by atoms with van der Waals surface area (Å²) in [5.41, 5.74) is 6.07. The molecule has 168 valence electrons. The van der Waals surface area contributed by atoms with E-state index >= 15 is 0 Å². The fourth-order valence-corrected chi connectivity index (χ4v) is 6.41. The van der Waals surface area contributed by atoms with E-state index in [9.17, 15) is 24.7 Å². The molecule has 1 fully saturated rings. The molecule has 32 heavy (non-hydrogen) atoms. The van der Waals surface area contributed by atoms with E-state index in [2.05, 4.69) is 20.4 Å². The summed E-state index contributed by atoms with van der Waals surface area (Å²) < 4.78 is 1.84. The number of aromatic nitrogens is 3. The van der Waals surface area contributed by atoms with E-state index in [-0.39, 0.29) is 22.2 Å². The lowest BCUT2D eigenvalue weighted by Gasteiger charge is -2.49. The smallest absolute Gasteiger partial charge is 0.353 e. The van der Waals surface area contributed by atoms with Crippen LogP contribution in [0.2, 0.25) is 0 Å². The Morgan fingerprint density at radius 3 is 2.84 bits per heavy atom. The first kappa shape index (κ1) is 22.2. The summed E-state index contributed by atoms with van der Waals surface area (Å²) in [6.07, 6.45) is 3.35. The number of thiazole rings is 1. The topological polar surface area (TPSA) is 176 Å². The van der Waals surface area contributed by atoms with Crippen LogP contribution in [0.5, 0.6) is 0 Å². The highest BCUT2D eigenvalue weighted by atomic mass is 32.2. The molecule has 2 atom stereocenters. The molecular formula is C17H17N7O5S3. The number of carbonyl (C=O) groups excluding carboxylic acids is 2. The molecule has 0 aromatic carbocycles. The van der Waals surface area contributed by atoms with Crippen LogP contribution >= 0.6 is 34.9 Å². The van der Waals surface area contributed by atoms with Crippen LogP contribution in [-0.2, 0) is 27.2 Å². The average molecular weight is 496 g/mol. The summed E-state index contributed by atoms with van der Waals surface area (Å²) in [5, 5.41) is 25.5. The van der Waals surface area contributed by atoms with Crippen molar-refractivity contribution in [2.24, 2.45) is 12.2 Å². The second-order valence-electron chi connectivity index (χ2n) is 6.74. The Bertz CT molecular complexity index is 1160. The second kappa shape index (κ2) is 8.84. The van der Waals surface area contributed by atoms with Gasteiger partial charge in [-0.25, -0.2) is 14.8 Å². The number of aliphatic carboxylic acids is 1. The van der Waals surface area contributed by atoms with Crippen LogP contribution in [0.25, 0.3) is 0 Å². The van der Waals surface area contributed by atoms with Crippen LogP contribution in [0.4, 0.5) is 5.13 Å². The van der Waals surface area contributed by atoms with Gasteiger partial charge in [-0.3, -0.25) is 14.5 Å². The van der Waals surface area contributed by atoms with Crippen LogP contribution in [0, 0.1) is 0 Å². The molecule has 0 unspecified atom stereocenters. The SMILES string of the molecule is Cn1cncc1CSC1=C(C(=O)O)N2C(=O)[C@@H](NC(=O)/C(=N\O)c3csc(N)n3)[C@@H]2SC1. The molecule has 15 heteroatoms. The normalized spacial score (nSPS) is 20.7.